The molecule has 1 aromatic rings. The number of aliphatic hydroxyl groups is 2. The second-order valence-electron chi connectivity index (χ2n) is 9.20. The summed E-state index contributed by atoms with van der Waals surface area (Å²) in [4.78, 5) is 6.08. The first kappa shape index (κ1) is 26.4. The summed E-state index contributed by atoms with van der Waals surface area (Å²) >= 11 is 7.07. The van der Waals surface area contributed by atoms with Crippen LogP contribution >= 0.6 is 24.0 Å². The summed E-state index contributed by atoms with van der Waals surface area (Å²) in [7, 11) is 0. The molecule has 1 aliphatic carbocycles. The summed E-state index contributed by atoms with van der Waals surface area (Å²) in [5.74, 6) is 0.235. The number of hydrogen-bond acceptors (Lipinski definition) is 6. The van der Waals surface area contributed by atoms with Crippen molar-refractivity contribution in [1.29, 1.82) is 0 Å². The maximum absolute atomic E-state index is 11.0. The molecule has 5 atom stereocenters. The van der Waals surface area contributed by atoms with Crippen molar-refractivity contribution >= 4 is 34.7 Å². The van der Waals surface area contributed by atoms with E-state index in [0.29, 0.717) is 18.1 Å². The van der Waals surface area contributed by atoms with Crippen LogP contribution in [0.25, 0.3) is 0 Å². The molecule has 0 spiro atoms. The molecule has 6 heteroatoms. The third-order valence-electron chi connectivity index (χ3n) is 6.64. The Bertz CT molecular complexity index is 813. The van der Waals surface area contributed by atoms with Gasteiger partial charge in [0.15, 0.2) is 5.05 Å². The number of aliphatic hydroxyl groups excluding tert-OH is 2. The molecule has 1 aromatic carbocycles. The van der Waals surface area contributed by atoms with E-state index in [9.17, 15) is 10.2 Å². The van der Waals surface area contributed by atoms with Gasteiger partial charge in [0.05, 0.1) is 18.8 Å². The molecule has 33 heavy (non-hydrogen) atoms. The van der Waals surface area contributed by atoms with Crippen LogP contribution in [0.5, 0.6) is 0 Å². The maximum atomic E-state index is 11.0. The zero-order valence-corrected chi connectivity index (χ0v) is 21.6. The van der Waals surface area contributed by atoms with E-state index in [4.69, 9.17) is 21.9 Å². The molecule has 1 fully saturated rings. The molecule has 1 heterocycles. The Kier molecular flexibility index (Phi) is 10.4. The van der Waals surface area contributed by atoms with Crippen molar-refractivity contribution in [1.82, 2.24) is 0 Å². The smallest absolute Gasteiger partial charge is 0.159 e. The largest absolute Gasteiger partial charge is 0.487 e. The summed E-state index contributed by atoms with van der Waals surface area (Å²) in [6.07, 6.45) is 11.3. The lowest BCUT2D eigenvalue weighted by molar-refractivity contribution is 0.140. The van der Waals surface area contributed by atoms with Crippen LogP contribution in [0, 0.1) is 11.8 Å². The summed E-state index contributed by atoms with van der Waals surface area (Å²) in [5, 5.41) is 22.1. The van der Waals surface area contributed by atoms with Gasteiger partial charge < -0.3 is 14.9 Å². The molecular formula is C27H39NO3S2. The lowest BCUT2D eigenvalue weighted by atomic mass is 9.88. The van der Waals surface area contributed by atoms with Crippen LogP contribution in [0.3, 0.4) is 0 Å². The Hall–Kier alpha value is -1.21. The molecule has 1 saturated carbocycles. The standard InChI is InChI=1S/C27H39NO3S2/c1-3-5-7-12-21(29)16-17-23-24-18-20(11-10-15-26(32)31-4-2)28-27(24,19-25(23)30)33-22-13-8-6-9-14-22/h6,8-9,13-14,16-17,21,23-25,29-30H,3-5,7,10-12,15,18-19H2,1-2H3/t21-,23?,24?,25?,27?/m0/s1. The fourth-order valence-corrected chi connectivity index (χ4v) is 6.81. The zero-order chi connectivity index (χ0) is 23.7. The van der Waals surface area contributed by atoms with Crippen LogP contribution in [0.15, 0.2) is 52.4 Å². The third-order valence-corrected chi connectivity index (χ3v) is 8.39. The number of benzene rings is 1. The van der Waals surface area contributed by atoms with E-state index >= 15 is 0 Å². The molecule has 2 aliphatic rings. The normalized spacial score (nSPS) is 27.5. The van der Waals surface area contributed by atoms with E-state index in [-0.39, 0.29) is 16.7 Å². The number of rotatable bonds is 13. The highest BCUT2D eigenvalue weighted by atomic mass is 32.2. The van der Waals surface area contributed by atoms with Crippen LogP contribution in [0.4, 0.5) is 0 Å². The first-order valence-corrected chi connectivity index (χ1v) is 13.7. The molecule has 4 nitrogen and oxygen atoms in total. The average Bonchev–Trinajstić information content (AvgIpc) is 3.23. The first-order valence-electron chi connectivity index (χ1n) is 12.5. The fourth-order valence-electron chi connectivity index (χ4n) is 5.03. The fraction of sp³-hybridized carbons (Fsp3) is 0.630. The van der Waals surface area contributed by atoms with Crippen LogP contribution < -0.4 is 0 Å². The van der Waals surface area contributed by atoms with E-state index in [2.05, 4.69) is 37.3 Å². The quantitative estimate of drug-likeness (QED) is 0.192. The van der Waals surface area contributed by atoms with Gasteiger partial charge in [0.1, 0.15) is 4.87 Å². The summed E-state index contributed by atoms with van der Waals surface area (Å²) in [6, 6.07) is 10.4. The van der Waals surface area contributed by atoms with Crippen molar-refractivity contribution in [2.45, 2.75) is 93.6 Å². The number of fused-ring (bicyclic) bond motifs is 1. The highest BCUT2D eigenvalue weighted by Crippen LogP contribution is 2.57. The summed E-state index contributed by atoms with van der Waals surface area (Å²) < 4.78 is 5.42. The van der Waals surface area contributed by atoms with E-state index in [1.165, 1.54) is 10.6 Å². The number of nitrogens with zero attached hydrogens (tertiary/aromatic N) is 1. The van der Waals surface area contributed by atoms with Gasteiger partial charge in [-0.1, -0.05) is 68.3 Å². The number of unbranched alkanes of at least 4 members (excludes halogenated alkanes) is 2. The molecule has 0 amide bonds. The SMILES string of the molecule is CCCCC[C@H](O)C=CC1C(O)CC2(Sc3ccccc3)N=C(CCCC(=S)OCC)CC12. The highest BCUT2D eigenvalue weighted by Gasteiger charge is 2.56. The monoisotopic (exact) mass is 489 g/mol. The lowest BCUT2D eigenvalue weighted by Crippen LogP contribution is -2.25. The van der Waals surface area contributed by atoms with Gasteiger partial charge in [-0.3, -0.25) is 4.99 Å². The Balaban J connectivity index is 1.72. The first-order chi connectivity index (χ1) is 16.0. The lowest BCUT2D eigenvalue weighted by Gasteiger charge is -2.27. The van der Waals surface area contributed by atoms with Gasteiger partial charge in [-0.05, 0) is 57.0 Å². The third kappa shape index (κ3) is 7.38. The Morgan fingerprint density at radius 3 is 2.79 bits per heavy atom. The van der Waals surface area contributed by atoms with Gasteiger partial charge in [-0.15, -0.1) is 0 Å². The molecule has 1 aliphatic heterocycles. The predicted molar refractivity (Wildman–Crippen MR) is 142 cm³/mol. The summed E-state index contributed by atoms with van der Waals surface area (Å²) in [6.45, 7) is 4.75. The molecular weight excluding hydrogens is 450 g/mol. The predicted octanol–water partition coefficient (Wildman–Crippen LogP) is 6.35. The Labute approximate surface area is 208 Å². The topological polar surface area (TPSA) is 62.0 Å². The molecule has 0 aromatic heterocycles. The van der Waals surface area contributed by atoms with Crippen molar-refractivity contribution in [2.24, 2.45) is 16.8 Å². The Morgan fingerprint density at radius 2 is 2.06 bits per heavy atom. The summed E-state index contributed by atoms with van der Waals surface area (Å²) in [5.41, 5.74) is 1.22. The molecule has 0 bridgehead atoms. The minimum absolute atomic E-state index is 0.00721. The van der Waals surface area contributed by atoms with Crippen molar-refractivity contribution in [2.75, 3.05) is 6.61 Å². The van der Waals surface area contributed by atoms with Crippen molar-refractivity contribution in [3.63, 3.8) is 0 Å². The van der Waals surface area contributed by atoms with Crippen molar-refractivity contribution in [3.8, 4) is 0 Å². The molecule has 3 rings (SSSR count). The van der Waals surface area contributed by atoms with E-state index in [0.717, 1.165) is 51.4 Å². The molecule has 182 valence electrons. The van der Waals surface area contributed by atoms with E-state index in [1.54, 1.807) is 11.8 Å². The molecule has 4 unspecified atom stereocenters. The zero-order valence-electron chi connectivity index (χ0n) is 20.0. The van der Waals surface area contributed by atoms with Gasteiger partial charge in [0, 0.05) is 35.3 Å². The van der Waals surface area contributed by atoms with Gasteiger partial charge in [0.2, 0.25) is 0 Å². The number of thioether (sulfide) groups is 1. The second kappa shape index (κ2) is 13.0. The number of ether oxygens (including phenoxy) is 1. The van der Waals surface area contributed by atoms with E-state index < -0.39 is 12.2 Å². The number of hydrogen-bond donors (Lipinski definition) is 2. The van der Waals surface area contributed by atoms with Gasteiger partial charge in [-0.2, -0.15) is 0 Å². The Morgan fingerprint density at radius 1 is 1.27 bits per heavy atom. The number of aliphatic imine (C=N–C) groups is 1. The number of thiocarbonyl (C=S) groups is 1. The van der Waals surface area contributed by atoms with Crippen molar-refractivity contribution < 1.29 is 14.9 Å². The van der Waals surface area contributed by atoms with Crippen LogP contribution in [-0.2, 0) is 4.74 Å². The average molecular weight is 490 g/mol. The minimum Gasteiger partial charge on any atom is -0.487 e. The van der Waals surface area contributed by atoms with E-state index in [1.807, 2.05) is 19.1 Å². The van der Waals surface area contributed by atoms with Gasteiger partial charge >= 0.3 is 0 Å². The molecule has 2 N–H and O–H groups in total. The molecule has 0 radical (unpaired) electrons. The second-order valence-corrected chi connectivity index (χ2v) is 11.0. The van der Waals surface area contributed by atoms with Crippen LogP contribution in [0.1, 0.15) is 71.6 Å². The van der Waals surface area contributed by atoms with Crippen LogP contribution in [-0.4, -0.2) is 44.7 Å². The maximum Gasteiger partial charge on any atom is 0.159 e. The van der Waals surface area contributed by atoms with Crippen molar-refractivity contribution in [3.05, 3.63) is 42.5 Å². The highest BCUT2D eigenvalue weighted by molar-refractivity contribution is 8.00. The molecule has 0 saturated heterocycles. The minimum atomic E-state index is -0.443. The van der Waals surface area contributed by atoms with Gasteiger partial charge in [0.25, 0.3) is 0 Å². The van der Waals surface area contributed by atoms with Gasteiger partial charge in [-0.25, -0.2) is 0 Å². The van der Waals surface area contributed by atoms with Crippen LogP contribution in [0.2, 0.25) is 0 Å².